The van der Waals surface area contributed by atoms with E-state index in [-0.39, 0.29) is 11.9 Å². The summed E-state index contributed by atoms with van der Waals surface area (Å²) in [5.74, 6) is 0.870. The molecule has 0 spiro atoms. The van der Waals surface area contributed by atoms with Crippen molar-refractivity contribution >= 4 is 12.4 Å². The predicted octanol–water partition coefficient (Wildman–Crippen LogP) is 2.70. The Morgan fingerprint density at radius 1 is 1.17 bits per heavy atom. The molecule has 1 aliphatic carbocycles. The molecule has 0 heterocycles. The fourth-order valence-corrected chi connectivity index (χ4v) is 2.43. The summed E-state index contributed by atoms with van der Waals surface area (Å²) in [4.78, 5) is 21.7. The molecular weight excluding hydrogens is 232 g/mol. The van der Waals surface area contributed by atoms with Gasteiger partial charge in [-0.15, -0.1) is 0 Å². The molecule has 0 unspecified atom stereocenters. The Morgan fingerprint density at radius 2 is 1.83 bits per heavy atom. The standard InChI is InChI=1S/C14H24O4/c1-2-12-5-7-13(8-6-12)14(16)18-10-4-3-9-17-11-15/h11-13H,2-10H2,1H3. The van der Waals surface area contributed by atoms with E-state index in [1.165, 1.54) is 6.42 Å². The number of carbonyl (C=O) groups excluding carboxylic acids is 2. The van der Waals surface area contributed by atoms with Gasteiger partial charge in [-0.25, -0.2) is 0 Å². The molecular formula is C14H24O4. The Balaban J connectivity index is 2.05. The summed E-state index contributed by atoms with van der Waals surface area (Å²) in [5, 5.41) is 0. The molecule has 0 atom stereocenters. The maximum absolute atomic E-state index is 11.8. The number of carbonyl (C=O) groups is 2. The normalized spacial score (nSPS) is 23.4. The lowest BCUT2D eigenvalue weighted by Gasteiger charge is -2.26. The van der Waals surface area contributed by atoms with Gasteiger partial charge >= 0.3 is 5.97 Å². The number of unbranched alkanes of at least 4 members (excludes halogenated alkanes) is 1. The zero-order valence-electron chi connectivity index (χ0n) is 11.2. The molecule has 104 valence electrons. The Bertz CT molecular complexity index is 244. The molecule has 1 saturated carbocycles. The molecule has 0 aromatic rings. The Kier molecular flexibility index (Phi) is 7.46. The summed E-state index contributed by atoms with van der Waals surface area (Å²) in [5.41, 5.74) is 0. The monoisotopic (exact) mass is 256 g/mol. The van der Waals surface area contributed by atoms with Gasteiger partial charge in [0, 0.05) is 0 Å². The first kappa shape index (κ1) is 15.0. The third-order valence-electron chi connectivity index (χ3n) is 3.73. The van der Waals surface area contributed by atoms with Crippen molar-refractivity contribution in [2.75, 3.05) is 13.2 Å². The van der Waals surface area contributed by atoms with Crippen LogP contribution in [0.15, 0.2) is 0 Å². The van der Waals surface area contributed by atoms with E-state index >= 15 is 0 Å². The number of hydrogen-bond donors (Lipinski definition) is 0. The van der Waals surface area contributed by atoms with Gasteiger partial charge in [-0.3, -0.25) is 9.59 Å². The van der Waals surface area contributed by atoms with Crippen LogP contribution in [-0.2, 0) is 19.1 Å². The van der Waals surface area contributed by atoms with Crippen molar-refractivity contribution in [2.45, 2.75) is 51.9 Å². The highest BCUT2D eigenvalue weighted by Gasteiger charge is 2.26. The smallest absolute Gasteiger partial charge is 0.308 e. The molecule has 0 aliphatic heterocycles. The SMILES string of the molecule is CCC1CCC(C(=O)OCCCCOC=O)CC1. The second-order valence-electron chi connectivity index (χ2n) is 4.97. The lowest BCUT2D eigenvalue weighted by molar-refractivity contribution is -0.150. The molecule has 0 bridgehead atoms. The molecule has 0 radical (unpaired) electrons. The van der Waals surface area contributed by atoms with Crippen molar-refractivity contribution in [3.8, 4) is 0 Å². The van der Waals surface area contributed by atoms with Crippen molar-refractivity contribution in [1.29, 1.82) is 0 Å². The van der Waals surface area contributed by atoms with Crippen molar-refractivity contribution in [2.24, 2.45) is 11.8 Å². The zero-order chi connectivity index (χ0) is 13.2. The van der Waals surface area contributed by atoms with E-state index in [2.05, 4.69) is 11.7 Å². The van der Waals surface area contributed by atoms with Crippen molar-refractivity contribution in [3.05, 3.63) is 0 Å². The molecule has 4 nitrogen and oxygen atoms in total. The van der Waals surface area contributed by atoms with Crippen LogP contribution in [0.1, 0.15) is 51.9 Å². The van der Waals surface area contributed by atoms with E-state index in [9.17, 15) is 9.59 Å². The van der Waals surface area contributed by atoms with Gasteiger partial charge in [-0.1, -0.05) is 13.3 Å². The molecule has 0 aromatic carbocycles. The van der Waals surface area contributed by atoms with E-state index in [0.29, 0.717) is 19.7 Å². The molecule has 0 amide bonds. The largest absolute Gasteiger partial charge is 0.468 e. The highest BCUT2D eigenvalue weighted by Crippen LogP contribution is 2.31. The van der Waals surface area contributed by atoms with E-state index in [4.69, 9.17) is 4.74 Å². The first-order valence-electron chi connectivity index (χ1n) is 6.99. The summed E-state index contributed by atoms with van der Waals surface area (Å²) in [6.45, 7) is 3.50. The maximum atomic E-state index is 11.8. The van der Waals surface area contributed by atoms with Gasteiger partial charge in [0.05, 0.1) is 19.1 Å². The van der Waals surface area contributed by atoms with Crippen LogP contribution in [-0.4, -0.2) is 25.7 Å². The average molecular weight is 256 g/mol. The van der Waals surface area contributed by atoms with E-state index in [0.717, 1.165) is 44.4 Å². The van der Waals surface area contributed by atoms with Gasteiger partial charge in [-0.05, 0) is 44.4 Å². The summed E-state index contributed by atoms with van der Waals surface area (Å²) in [6, 6.07) is 0. The van der Waals surface area contributed by atoms with Crippen LogP contribution in [0.4, 0.5) is 0 Å². The first-order chi connectivity index (χ1) is 8.77. The molecule has 0 saturated heterocycles. The van der Waals surface area contributed by atoms with E-state index < -0.39 is 0 Å². The minimum atomic E-state index is -0.0409. The average Bonchev–Trinajstić information content (AvgIpc) is 2.42. The van der Waals surface area contributed by atoms with Crippen molar-refractivity contribution in [1.82, 2.24) is 0 Å². The van der Waals surface area contributed by atoms with Crippen molar-refractivity contribution < 1.29 is 19.1 Å². The topological polar surface area (TPSA) is 52.6 Å². The molecule has 18 heavy (non-hydrogen) atoms. The first-order valence-corrected chi connectivity index (χ1v) is 6.99. The molecule has 1 rings (SSSR count). The highest BCUT2D eigenvalue weighted by atomic mass is 16.5. The second-order valence-corrected chi connectivity index (χ2v) is 4.97. The summed E-state index contributed by atoms with van der Waals surface area (Å²) < 4.78 is 9.81. The van der Waals surface area contributed by atoms with Gasteiger partial charge in [0.25, 0.3) is 6.47 Å². The number of rotatable bonds is 8. The molecule has 0 aromatic heterocycles. The van der Waals surface area contributed by atoms with Crippen LogP contribution in [0.3, 0.4) is 0 Å². The van der Waals surface area contributed by atoms with Crippen LogP contribution in [0.5, 0.6) is 0 Å². The van der Waals surface area contributed by atoms with Crippen LogP contribution >= 0.6 is 0 Å². The maximum Gasteiger partial charge on any atom is 0.308 e. The number of hydrogen-bond acceptors (Lipinski definition) is 4. The fraction of sp³-hybridized carbons (Fsp3) is 0.857. The summed E-state index contributed by atoms with van der Waals surface area (Å²) in [7, 11) is 0. The Hall–Kier alpha value is -1.06. The molecule has 4 heteroatoms. The lowest BCUT2D eigenvalue weighted by atomic mass is 9.81. The van der Waals surface area contributed by atoms with Gasteiger partial charge in [0.15, 0.2) is 0 Å². The summed E-state index contributed by atoms with van der Waals surface area (Å²) >= 11 is 0. The van der Waals surface area contributed by atoms with Crippen LogP contribution in [0.25, 0.3) is 0 Å². The third kappa shape index (κ3) is 5.52. The Labute approximate surface area is 109 Å². The lowest BCUT2D eigenvalue weighted by Crippen LogP contribution is -2.24. The zero-order valence-corrected chi connectivity index (χ0v) is 11.2. The fourth-order valence-electron chi connectivity index (χ4n) is 2.43. The van der Waals surface area contributed by atoms with E-state index in [1.54, 1.807) is 0 Å². The second kappa shape index (κ2) is 8.95. The number of ether oxygens (including phenoxy) is 2. The molecule has 1 aliphatic rings. The third-order valence-corrected chi connectivity index (χ3v) is 3.73. The van der Waals surface area contributed by atoms with E-state index in [1.807, 2.05) is 0 Å². The summed E-state index contributed by atoms with van der Waals surface area (Å²) in [6.07, 6.45) is 6.99. The van der Waals surface area contributed by atoms with Crippen molar-refractivity contribution in [3.63, 3.8) is 0 Å². The Morgan fingerprint density at radius 3 is 2.44 bits per heavy atom. The minimum absolute atomic E-state index is 0.0409. The van der Waals surface area contributed by atoms with Gasteiger partial charge < -0.3 is 9.47 Å². The van der Waals surface area contributed by atoms with Crippen LogP contribution < -0.4 is 0 Å². The van der Waals surface area contributed by atoms with Crippen LogP contribution in [0, 0.1) is 11.8 Å². The highest BCUT2D eigenvalue weighted by molar-refractivity contribution is 5.72. The molecule has 0 N–H and O–H groups in total. The van der Waals surface area contributed by atoms with Crippen LogP contribution in [0.2, 0.25) is 0 Å². The van der Waals surface area contributed by atoms with Gasteiger partial charge in [-0.2, -0.15) is 0 Å². The quantitative estimate of drug-likeness (QED) is 0.380. The minimum Gasteiger partial charge on any atom is -0.468 e. The van der Waals surface area contributed by atoms with Gasteiger partial charge in [0.2, 0.25) is 0 Å². The predicted molar refractivity (Wildman–Crippen MR) is 67.9 cm³/mol. The van der Waals surface area contributed by atoms with Gasteiger partial charge in [0.1, 0.15) is 0 Å². The number of esters is 1. The molecule has 1 fully saturated rings.